The molecule has 0 unspecified atom stereocenters. The molecule has 1 saturated heterocycles. The number of benzene rings is 1. The molecule has 1 spiro atoms. The van der Waals surface area contributed by atoms with Crippen LogP contribution < -0.4 is 9.64 Å². The summed E-state index contributed by atoms with van der Waals surface area (Å²) in [5.41, 5.74) is 6.18. The van der Waals surface area contributed by atoms with Crippen molar-refractivity contribution < 1.29 is 19.2 Å². The number of anilines is 1. The third kappa shape index (κ3) is 4.07. The van der Waals surface area contributed by atoms with Crippen LogP contribution in [0.3, 0.4) is 0 Å². The number of methoxy groups -OCH3 is 1. The minimum Gasteiger partial charge on any atom is -0.496 e. The molecular weight excluding hydrogens is 478 g/mol. The lowest BCUT2D eigenvalue weighted by atomic mass is 9.63. The predicted molar refractivity (Wildman–Crippen MR) is 146 cm³/mol. The summed E-state index contributed by atoms with van der Waals surface area (Å²) in [6.07, 6.45) is 14.9. The summed E-state index contributed by atoms with van der Waals surface area (Å²) < 4.78 is 11.5. The number of carboxylic acids is 1. The van der Waals surface area contributed by atoms with Crippen LogP contribution in [0.4, 0.5) is 5.69 Å². The molecule has 0 amide bonds. The van der Waals surface area contributed by atoms with E-state index in [1.54, 1.807) is 7.11 Å². The molecule has 38 heavy (non-hydrogen) atoms. The van der Waals surface area contributed by atoms with Gasteiger partial charge in [0.1, 0.15) is 11.5 Å². The normalized spacial score (nSPS) is 21.4. The van der Waals surface area contributed by atoms with Gasteiger partial charge in [0.25, 0.3) is 0 Å². The SMILES string of the molecule is COc1cc(C(=O)O)nc2ccc(N3CCC4(C=C(c5c(C6CCCCC6)noc5C5CC5)C4)CC3)cc12. The molecule has 7 nitrogen and oxygen atoms in total. The average Bonchev–Trinajstić information content (AvgIpc) is 3.69. The van der Waals surface area contributed by atoms with E-state index < -0.39 is 5.97 Å². The number of rotatable bonds is 6. The Bertz CT molecular complexity index is 1420. The highest BCUT2D eigenvalue weighted by Gasteiger charge is 2.44. The van der Waals surface area contributed by atoms with Crippen molar-refractivity contribution in [2.24, 2.45) is 5.41 Å². The summed E-state index contributed by atoms with van der Waals surface area (Å²) in [5, 5.41) is 14.9. The van der Waals surface area contributed by atoms with Gasteiger partial charge >= 0.3 is 5.97 Å². The molecule has 4 aliphatic rings. The zero-order valence-corrected chi connectivity index (χ0v) is 22.0. The summed E-state index contributed by atoms with van der Waals surface area (Å²) in [5.74, 6) is 1.82. The van der Waals surface area contributed by atoms with E-state index in [1.165, 1.54) is 73.6 Å². The Kier molecular flexibility index (Phi) is 5.71. The number of aromatic carboxylic acids is 1. The molecule has 2 aromatic heterocycles. The minimum atomic E-state index is -1.05. The molecule has 198 valence electrons. The van der Waals surface area contributed by atoms with E-state index in [-0.39, 0.29) is 11.1 Å². The summed E-state index contributed by atoms with van der Waals surface area (Å²) in [6, 6.07) is 7.55. The lowest BCUT2D eigenvalue weighted by molar-refractivity contribution is 0.0690. The first-order valence-corrected chi connectivity index (χ1v) is 14.2. The largest absolute Gasteiger partial charge is 0.496 e. The van der Waals surface area contributed by atoms with Crippen LogP contribution in [-0.2, 0) is 0 Å². The van der Waals surface area contributed by atoms with Crippen LogP contribution in [-0.4, -0.2) is 41.4 Å². The molecule has 0 atom stereocenters. The molecule has 3 heterocycles. The third-order valence-electron chi connectivity index (χ3n) is 9.35. The number of allylic oxidation sites excluding steroid dienone is 2. The number of hydrogen-bond donors (Lipinski definition) is 1. The van der Waals surface area contributed by atoms with Crippen LogP contribution in [0.25, 0.3) is 16.5 Å². The minimum absolute atomic E-state index is 0.00102. The molecular formula is C31H35N3O4. The zero-order chi connectivity index (χ0) is 25.9. The number of aromatic nitrogens is 2. The first kappa shape index (κ1) is 23.7. The Labute approximate surface area is 222 Å². The number of piperidine rings is 1. The fourth-order valence-corrected chi connectivity index (χ4v) is 6.99. The maximum atomic E-state index is 11.4. The Balaban J connectivity index is 1.10. The Morgan fingerprint density at radius 3 is 2.53 bits per heavy atom. The van der Waals surface area contributed by atoms with Gasteiger partial charge in [0.05, 0.1) is 18.3 Å². The van der Waals surface area contributed by atoms with Crippen LogP contribution >= 0.6 is 0 Å². The van der Waals surface area contributed by atoms with Crippen molar-refractivity contribution in [3.8, 4) is 5.75 Å². The molecule has 1 aromatic carbocycles. The number of hydrogen-bond acceptors (Lipinski definition) is 6. The second-order valence-electron chi connectivity index (χ2n) is 11.8. The highest BCUT2D eigenvalue weighted by molar-refractivity contribution is 5.94. The van der Waals surface area contributed by atoms with Crippen molar-refractivity contribution >= 4 is 28.1 Å². The highest BCUT2D eigenvalue weighted by Crippen LogP contribution is 2.56. The van der Waals surface area contributed by atoms with E-state index in [9.17, 15) is 9.90 Å². The van der Waals surface area contributed by atoms with E-state index in [4.69, 9.17) is 9.26 Å². The van der Waals surface area contributed by atoms with Gasteiger partial charge in [-0.05, 0) is 74.1 Å². The molecule has 3 aliphatic carbocycles. The zero-order valence-electron chi connectivity index (χ0n) is 22.0. The number of carboxylic acid groups (broad SMARTS) is 1. The van der Waals surface area contributed by atoms with Crippen molar-refractivity contribution in [2.75, 3.05) is 25.1 Å². The van der Waals surface area contributed by atoms with Gasteiger partial charge in [-0.25, -0.2) is 9.78 Å². The van der Waals surface area contributed by atoms with Gasteiger partial charge in [-0.3, -0.25) is 0 Å². The molecule has 3 fully saturated rings. The lowest BCUT2D eigenvalue weighted by Crippen LogP contribution is -2.42. The first-order chi connectivity index (χ1) is 18.5. The topological polar surface area (TPSA) is 88.7 Å². The van der Waals surface area contributed by atoms with Gasteiger partial charge in [0.2, 0.25) is 0 Å². The van der Waals surface area contributed by atoms with Crippen LogP contribution in [0.15, 0.2) is 34.9 Å². The maximum Gasteiger partial charge on any atom is 0.354 e. The van der Waals surface area contributed by atoms with Crippen LogP contribution in [0, 0.1) is 5.41 Å². The quantitative estimate of drug-likeness (QED) is 0.382. The van der Waals surface area contributed by atoms with Crippen LogP contribution in [0.1, 0.15) is 104 Å². The van der Waals surface area contributed by atoms with Crippen molar-refractivity contribution in [3.05, 3.63) is 53.1 Å². The third-order valence-corrected chi connectivity index (χ3v) is 9.35. The number of ether oxygens (including phenoxy) is 1. The number of pyridine rings is 1. The maximum absolute atomic E-state index is 11.4. The smallest absolute Gasteiger partial charge is 0.354 e. The van der Waals surface area contributed by atoms with Crippen LogP contribution in [0.2, 0.25) is 0 Å². The standard InChI is InChI=1S/C31H35N3O4/c1-37-26-16-25(30(35)36)32-24-10-9-22(15-23(24)26)34-13-11-31(12-14-34)17-21(18-31)27-28(19-5-3-2-4-6-19)33-38-29(27)20-7-8-20/h9-10,15-17,19-20H,2-8,11-14,18H2,1H3,(H,35,36). The van der Waals surface area contributed by atoms with Crippen molar-refractivity contribution in [1.29, 1.82) is 0 Å². The van der Waals surface area contributed by atoms with Crippen molar-refractivity contribution in [3.63, 3.8) is 0 Å². The molecule has 1 N–H and O–H groups in total. The second-order valence-corrected chi connectivity index (χ2v) is 11.8. The second kappa shape index (κ2) is 9.14. The predicted octanol–water partition coefficient (Wildman–Crippen LogP) is 6.93. The number of carbonyl (C=O) groups is 1. The van der Waals surface area contributed by atoms with E-state index >= 15 is 0 Å². The fraction of sp³-hybridized carbons (Fsp3) is 0.516. The number of nitrogens with zero attached hydrogens (tertiary/aromatic N) is 3. The fourth-order valence-electron chi connectivity index (χ4n) is 6.99. The Morgan fingerprint density at radius 1 is 1.08 bits per heavy atom. The van der Waals surface area contributed by atoms with Gasteiger partial charge < -0.3 is 19.3 Å². The van der Waals surface area contributed by atoms with Crippen molar-refractivity contribution in [1.82, 2.24) is 10.1 Å². The van der Waals surface area contributed by atoms with Crippen molar-refractivity contribution in [2.45, 2.75) is 76.0 Å². The van der Waals surface area contributed by atoms with E-state index in [0.29, 0.717) is 23.1 Å². The molecule has 7 rings (SSSR count). The van der Waals surface area contributed by atoms with E-state index in [1.807, 2.05) is 6.07 Å². The van der Waals surface area contributed by atoms with E-state index in [2.05, 4.69) is 33.2 Å². The molecule has 0 radical (unpaired) electrons. The van der Waals surface area contributed by atoms with Gasteiger partial charge in [0, 0.05) is 47.6 Å². The first-order valence-electron chi connectivity index (χ1n) is 14.2. The van der Waals surface area contributed by atoms with Gasteiger partial charge in [-0.2, -0.15) is 0 Å². The molecule has 0 bridgehead atoms. The van der Waals surface area contributed by atoms with Crippen LogP contribution in [0.5, 0.6) is 5.75 Å². The lowest BCUT2D eigenvalue weighted by Gasteiger charge is -2.47. The Hall–Kier alpha value is -3.35. The monoisotopic (exact) mass is 513 g/mol. The summed E-state index contributed by atoms with van der Waals surface area (Å²) in [6.45, 7) is 1.99. The summed E-state index contributed by atoms with van der Waals surface area (Å²) >= 11 is 0. The highest BCUT2D eigenvalue weighted by atomic mass is 16.5. The molecule has 3 aromatic rings. The van der Waals surface area contributed by atoms with Gasteiger partial charge in [0.15, 0.2) is 5.69 Å². The van der Waals surface area contributed by atoms with Gasteiger partial charge in [-0.15, -0.1) is 0 Å². The molecule has 1 aliphatic heterocycles. The number of fused-ring (bicyclic) bond motifs is 1. The Morgan fingerprint density at radius 2 is 1.84 bits per heavy atom. The summed E-state index contributed by atoms with van der Waals surface area (Å²) in [7, 11) is 1.57. The van der Waals surface area contributed by atoms with Gasteiger partial charge in [-0.1, -0.05) is 30.5 Å². The summed E-state index contributed by atoms with van der Waals surface area (Å²) in [4.78, 5) is 18.2. The molecule has 2 saturated carbocycles. The van der Waals surface area contributed by atoms with E-state index in [0.717, 1.165) is 43.4 Å². The molecule has 7 heteroatoms. The average molecular weight is 514 g/mol.